The number of hydrogen-bond acceptors (Lipinski definition) is 6. The van der Waals surface area contributed by atoms with Gasteiger partial charge in [-0.1, -0.05) is 6.08 Å². The van der Waals surface area contributed by atoms with Gasteiger partial charge >= 0.3 is 11.9 Å². The maximum Gasteiger partial charge on any atom is 0.320 e. The van der Waals surface area contributed by atoms with Gasteiger partial charge in [0.05, 0.1) is 11.5 Å². The molecule has 0 saturated carbocycles. The van der Waals surface area contributed by atoms with Crippen LogP contribution in [0.25, 0.3) is 0 Å². The standard InChI is InChI=1S/C14H20N2O6/c15-9(1-2-11(18)19)12(20)14(7-10(16)13(21)22)5-3-8(17)4-6-14/h3-5,9-10,17H,1-2,6-7,15-16H2,(H,18,19)(H,21,22)/t9-,10-,14?/m0/s1. The van der Waals surface area contributed by atoms with Crippen LogP contribution in [-0.2, 0) is 14.4 Å². The SMILES string of the molecule is N[C@@H](CC1(C(=O)[C@@H](N)CCC(=O)O)C=CC(O)=CC1)C(=O)O. The summed E-state index contributed by atoms with van der Waals surface area (Å²) in [5.41, 5.74) is 10.0. The summed E-state index contributed by atoms with van der Waals surface area (Å²) >= 11 is 0. The normalized spacial score (nSPS) is 23.5. The molecule has 3 atom stereocenters. The zero-order chi connectivity index (χ0) is 16.9. The summed E-state index contributed by atoms with van der Waals surface area (Å²) < 4.78 is 0. The third-order valence-corrected chi connectivity index (χ3v) is 3.65. The molecular weight excluding hydrogens is 292 g/mol. The van der Waals surface area contributed by atoms with E-state index >= 15 is 0 Å². The lowest BCUT2D eigenvalue weighted by Crippen LogP contribution is -2.47. The second-order valence-electron chi connectivity index (χ2n) is 5.37. The monoisotopic (exact) mass is 312 g/mol. The molecule has 1 aliphatic rings. The molecule has 0 spiro atoms. The van der Waals surface area contributed by atoms with Crippen LogP contribution in [-0.4, -0.2) is 45.1 Å². The predicted octanol–water partition coefficient (Wildman–Crippen LogP) is -0.0622. The Bertz CT molecular complexity index is 527. The fourth-order valence-electron chi connectivity index (χ4n) is 2.36. The van der Waals surface area contributed by atoms with E-state index in [4.69, 9.17) is 21.7 Å². The fourth-order valence-corrected chi connectivity index (χ4v) is 2.36. The molecule has 0 aromatic carbocycles. The highest BCUT2D eigenvalue weighted by Gasteiger charge is 2.41. The topological polar surface area (TPSA) is 164 Å². The number of carbonyl (C=O) groups excluding carboxylic acids is 1. The van der Waals surface area contributed by atoms with Crippen molar-refractivity contribution in [3.05, 3.63) is 24.0 Å². The molecule has 1 rings (SSSR count). The van der Waals surface area contributed by atoms with Gasteiger partial charge in [-0.15, -0.1) is 0 Å². The first-order valence-electron chi connectivity index (χ1n) is 6.76. The number of carboxylic acids is 2. The number of hydrogen-bond donors (Lipinski definition) is 5. The summed E-state index contributed by atoms with van der Waals surface area (Å²) in [5, 5.41) is 27.0. The number of aliphatic hydroxyl groups is 1. The van der Waals surface area contributed by atoms with Crippen LogP contribution in [0.4, 0.5) is 0 Å². The van der Waals surface area contributed by atoms with Gasteiger partial charge in [0.1, 0.15) is 11.8 Å². The zero-order valence-electron chi connectivity index (χ0n) is 11.9. The number of Topliss-reactive ketones (excluding diaryl/α,β-unsaturated/α-hetero) is 1. The lowest BCUT2D eigenvalue weighted by Gasteiger charge is -2.33. The van der Waals surface area contributed by atoms with Crippen LogP contribution in [0, 0.1) is 5.41 Å². The minimum absolute atomic E-state index is 0.0357. The van der Waals surface area contributed by atoms with Crippen LogP contribution < -0.4 is 11.5 Å². The molecule has 22 heavy (non-hydrogen) atoms. The summed E-state index contributed by atoms with van der Waals surface area (Å²) in [6.07, 6.45) is 3.64. The summed E-state index contributed by atoms with van der Waals surface area (Å²) in [5.74, 6) is -2.84. The highest BCUT2D eigenvalue weighted by molar-refractivity contribution is 5.92. The Labute approximate surface area is 127 Å². The van der Waals surface area contributed by atoms with Gasteiger partial charge in [0, 0.05) is 6.42 Å². The van der Waals surface area contributed by atoms with Gasteiger partial charge in [-0.05, 0) is 31.4 Å². The molecule has 1 aliphatic carbocycles. The lowest BCUT2D eigenvalue weighted by atomic mass is 9.70. The molecule has 8 heteroatoms. The van der Waals surface area contributed by atoms with E-state index in [2.05, 4.69) is 0 Å². The zero-order valence-corrected chi connectivity index (χ0v) is 11.9. The largest absolute Gasteiger partial charge is 0.508 e. The van der Waals surface area contributed by atoms with Crippen molar-refractivity contribution < 1.29 is 29.7 Å². The van der Waals surface area contributed by atoms with Crippen molar-refractivity contribution in [2.45, 2.75) is 37.8 Å². The Kier molecular flexibility index (Phi) is 5.84. The summed E-state index contributed by atoms with van der Waals surface area (Å²) in [4.78, 5) is 34.1. The van der Waals surface area contributed by atoms with Gasteiger partial charge in [0.15, 0.2) is 5.78 Å². The molecule has 0 aromatic rings. The number of allylic oxidation sites excluding steroid dienone is 3. The van der Waals surface area contributed by atoms with Crippen molar-refractivity contribution in [1.29, 1.82) is 0 Å². The first kappa shape index (κ1) is 17.9. The van der Waals surface area contributed by atoms with Gasteiger partial charge in [-0.2, -0.15) is 0 Å². The van der Waals surface area contributed by atoms with E-state index in [1.54, 1.807) is 0 Å². The molecular formula is C14H20N2O6. The number of ketones is 1. The van der Waals surface area contributed by atoms with E-state index in [-0.39, 0.29) is 31.4 Å². The molecule has 1 unspecified atom stereocenters. The Morgan fingerprint density at radius 1 is 1.23 bits per heavy atom. The fraction of sp³-hybridized carbons (Fsp3) is 0.500. The predicted molar refractivity (Wildman–Crippen MR) is 77.0 cm³/mol. The number of rotatable bonds is 8. The van der Waals surface area contributed by atoms with Gasteiger partial charge in [0.2, 0.25) is 0 Å². The average Bonchev–Trinajstić information content (AvgIpc) is 2.46. The van der Waals surface area contributed by atoms with Gasteiger partial charge in [-0.3, -0.25) is 14.4 Å². The molecule has 0 aliphatic heterocycles. The first-order valence-corrected chi connectivity index (χ1v) is 6.76. The first-order chi connectivity index (χ1) is 10.2. The highest BCUT2D eigenvalue weighted by Crippen LogP contribution is 2.36. The van der Waals surface area contributed by atoms with E-state index in [9.17, 15) is 19.5 Å². The van der Waals surface area contributed by atoms with E-state index < -0.39 is 35.2 Å². The Balaban J connectivity index is 2.95. The lowest BCUT2D eigenvalue weighted by molar-refractivity contribution is -0.140. The molecule has 0 bridgehead atoms. The number of aliphatic hydroxyl groups excluding tert-OH is 1. The minimum Gasteiger partial charge on any atom is -0.508 e. The van der Waals surface area contributed by atoms with Crippen molar-refractivity contribution in [3.63, 3.8) is 0 Å². The molecule has 122 valence electrons. The van der Waals surface area contributed by atoms with Gasteiger partial charge in [-0.25, -0.2) is 0 Å². The maximum atomic E-state index is 12.6. The van der Waals surface area contributed by atoms with Gasteiger partial charge in [0.25, 0.3) is 0 Å². The Hall–Kier alpha value is -2.19. The molecule has 0 heterocycles. The van der Waals surface area contributed by atoms with E-state index in [1.165, 1.54) is 18.2 Å². The second-order valence-corrected chi connectivity index (χ2v) is 5.37. The van der Waals surface area contributed by atoms with E-state index in [1.807, 2.05) is 0 Å². The Morgan fingerprint density at radius 3 is 2.32 bits per heavy atom. The molecule has 0 amide bonds. The third-order valence-electron chi connectivity index (χ3n) is 3.65. The second kappa shape index (κ2) is 7.19. The van der Waals surface area contributed by atoms with Crippen LogP contribution in [0.3, 0.4) is 0 Å². The Morgan fingerprint density at radius 2 is 1.86 bits per heavy atom. The average molecular weight is 312 g/mol. The summed E-state index contributed by atoms with van der Waals surface area (Å²) in [6.45, 7) is 0. The smallest absolute Gasteiger partial charge is 0.320 e. The van der Waals surface area contributed by atoms with Crippen LogP contribution in [0.1, 0.15) is 25.7 Å². The van der Waals surface area contributed by atoms with Crippen LogP contribution >= 0.6 is 0 Å². The quantitative estimate of drug-likeness (QED) is 0.416. The number of carbonyl (C=O) groups is 3. The van der Waals surface area contributed by atoms with Crippen molar-refractivity contribution in [1.82, 2.24) is 0 Å². The highest BCUT2D eigenvalue weighted by atomic mass is 16.4. The van der Waals surface area contributed by atoms with Crippen molar-refractivity contribution in [2.75, 3.05) is 0 Å². The van der Waals surface area contributed by atoms with Crippen LogP contribution in [0.5, 0.6) is 0 Å². The van der Waals surface area contributed by atoms with Gasteiger partial charge < -0.3 is 26.8 Å². The van der Waals surface area contributed by atoms with Crippen molar-refractivity contribution in [3.8, 4) is 0 Å². The molecule has 0 aromatic heterocycles. The maximum absolute atomic E-state index is 12.6. The van der Waals surface area contributed by atoms with Crippen LogP contribution in [0.2, 0.25) is 0 Å². The number of nitrogens with two attached hydrogens (primary N) is 2. The minimum atomic E-state index is -1.27. The van der Waals surface area contributed by atoms with Crippen LogP contribution in [0.15, 0.2) is 24.0 Å². The molecule has 0 saturated heterocycles. The molecule has 7 N–H and O–H groups in total. The summed E-state index contributed by atoms with van der Waals surface area (Å²) in [6, 6.07) is -2.32. The summed E-state index contributed by atoms with van der Waals surface area (Å²) in [7, 11) is 0. The van der Waals surface area contributed by atoms with Crippen molar-refractivity contribution in [2.24, 2.45) is 16.9 Å². The van der Waals surface area contributed by atoms with Crippen molar-refractivity contribution >= 4 is 17.7 Å². The molecule has 0 fully saturated rings. The molecule has 8 nitrogen and oxygen atoms in total. The number of carboxylic acid groups (broad SMARTS) is 2. The van der Waals surface area contributed by atoms with E-state index in [0.717, 1.165) is 0 Å². The molecule has 0 radical (unpaired) electrons. The third kappa shape index (κ3) is 4.40. The number of aliphatic carboxylic acids is 2. The van der Waals surface area contributed by atoms with E-state index in [0.29, 0.717) is 0 Å².